The van der Waals surface area contributed by atoms with Gasteiger partial charge in [-0.05, 0) is 32.6 Å². The van der Waals surface area contributed by atoms with Gasteiger partial charge in [-0.3, -0.25) is 19.4 Å². The minimum Gasteiger partial charge on any atom is -0.480 e. The van der Waals surface area contributed by atoms with Crippen molar-refractivity contribution in [2.45, 2.75) is 50.7 Å². The van der Waals surface area contributed by atoms with Crippen LogP contribution in [0.25, 0.3) is 0 Å². The van der Waals surface area contributed by atoms with Gasteiger partial charge in [0.05, 0.1) is 12.6 Å². The smallest absolute Gasteiger partial charge is 0.326 e. The molecule has 12 heteroatoms. The van der Waals surface area contributed by atoms with Crippen molar-refractivity contribution in [2.24, 2.45) is 22.2 Å². The van der Waals surface area contributed by atoms with Crippen molar-refractivity contribution >= 4 is 29.7 Å². The highest BCUT2D eigenvalue weighted by atomic mass is 16.4. The molecule has 0 spiro atoms. The summed E-state index contributed by atoms with van der Waals surface area (Å²) in [5.74, 6) is -2.74. The molecular weight excluding hydrogens is 370 g/mol. The lowest BCUT2D eigenvalue weighted by molar-refractivity contribution is -0.149. The normalized spacial score (nSPS) is 18.1. The van der Waals surface area contributed by atoms with E-state index in [1.165, 1.54) is 11.8 Å². The highest BCUT2D eigenvalue weighted by molar-refractivity contribution is 5.92. The van der Waals surface area contributed by atoms with Gasteiger partial charge in [0.15, 0.2) is 5.96 Å². The fourth-order valence-electron chi connectivity index (χ4n) is 2.82. The van der Waals surface area contributed by atoms with E-state index in [-0.39, 0.29) is 25.5 Å². The summed E-state index contributed by atoms with van der Waals surface area (Å²) in [6, 6.07) is -2.64. The second kappa shape index (κ2) is 11.1. The van der Waals surface area contributed by atoms with E-state index in [4.69, 9.17) is 17.2 Å². The summed E-state index contributed by atoms with van der Waals surface area (Å²) in [6.45, 7) is 1.69. The number of nitrogens with zero attached hydrogens (tertiary/aromatic N) is 2. The highest BCUT2D eigenvalue weighted by Crippen LogP contribution is 2.19. The molecule has 1 saturated heterocycles. The van der Waals surface area contributed by atoms with E-state index in [1.54, 1.807) is 0 Å². The number of carboxylic acid groups (broad SMARTS) is 1. The first kappa shape index (κ1) is 23.1. The Bertz CT molecular complexity index is 619. The molecule has 1 heterocycles. The maximum atomic E-state index is 12.8. The minimum absolute atomic E-state index is 0.0870. The third-order valence-electron chi connectivity index (χ3n) is 4.24. The molecule has 3 unspecified atom stereocenters. The fourth-order valence-corrected chi connectivity index (χ4v) is 2.82. The number of hydrogen-bond acceptors (Lipinski definition) is 6. The van der Waals surface area contributed by atoms with Crippen LogP contribution in [0.15, 0.2) is 4.99 Å². The number of rotatable bonds is 10. The van der Waals surface area contributed by atoms with Crippen LogP contribution in [0.2, 0.25) is 0 Å². The summed E-state index contributed by atoms with van der Waals surface area (Å²) in [7, 11) is 0. The predicted octanol–water partition coefficient (Wildman–Crippen LogP) is -2.94. The van der Waals surface area contributed by atoms with Crippen molar-refractivity contribution in [3.05, 3.63) is 0 Å². The van der Waals surface area contributed by atoms with Crippen molar-refractivity contribution in [2.75, 3.05) is 19.6 Å². The monoisotopic (exact) mass is 399 g/mol. The molecular formula is C16H29N7O5. The fraction of sp³-hybridized carbons (Fsp3) is 0.688. The zero-order valence-electron chi connectivity index (χ0n) is 15.9. The molecule has 28 heavy (non-hydrogen) atoms. The van der Waals surface area contributed by atoms with Crippen molar-refractivity contribution in [1.29, 1.82) is 0 Å². The van der Waals surface area contributed by atoms with Crippen molar-refractivity contribution < 1.29 is 24.3 Å². The van der Waals surface area contributed by atoms with Gasteiger partial charge >= 0.3 is 5.97 Å². The number of aliphatic imine (C=N–C) groups is 1. The number of carbonyl (C=O) groups is 4. The Balaban J connectivity index is 2.76. The van der Waals surface area contributed by atoms with Crippen LogP contribution in [0, 0.1) is 0 Å². The lowest BCUT2D eigenvalue weighted by Gasteiger charge is -2.27. The van der Waals surface area contributed by atoms with Gasteiger partial charge in [-0.2, -0.15) is 0 Å². The first-order valence-electron chi connectivity index (χ1n) is 9.04. The van der Waals surface area contributed by atoms with Gasteiger partial charge in [-0.1, -0.05) is 0 Å². The Morgan fingerprint density at radius 3 is 2.54 bits per heavy atom. The molecule has 0 radical (unpaired) electrons. The lowest BCUT2D eigenvalue weighted by Crippen LogP contribution is -2.53. The molecule has 9 N–H and O–H groups in total. The maximum Gasteiger partial charge on any atom is 0.326 e. The van der Waals surface area contributed by atoms with E-state index < -0.39 is 41.8 Å². The molecule has 12 nitrogen and oxygen atoms in total. The first-order valence-corrected chi connectivity index (χ1v) is 9.04. The zero-order chi connectivity index (χ0) is 21.3. The average molecular weight is 399 g/mol. The topological polar surface area (TPSA) is 206 Å². The van der Waals surface area contributed by atoms with Crippen molar-refractivity contribution in [3.8, 4) is 0 Å². The largest absolute Gasteiger partial charge is 0.480 e. The van der Waals surface area contributed by atoms with Gasteiger partial charge in [0.25, 0.3) is 0 Å². The number of carboxylic acids is 1. The van der Waals surface area contributed by atoms with Crippen LogP contribution in [0.4, 0.5) is 0 Å². The number of likely N-dealkylation sites (tertiary alicyclic amines) is 1. The second-order valence-corrected chi connectivity index (χ2v) is 6.60. The Kier molecular flexibility index (Phi) is 9.15. The molecule has 0 aromatic carbocycles. The van der Waals surface area contributed by atoms with Crippen molar-refractivity contribution in [1.82, 2.24) is 15.5 Å². The van der Waals surface area contributed by atoms with Crippen LogP contribution in [0.3, 0.4) is 0 Å². The summed E-state index contributed by atoms with van der Waals surface area (Å²) in [4.78, 5) is 52.9. The van der Waals surface area contributed by atoms with E-state index in [9.17, 15) is 24.3 Å². The van der Waals surface area contributed by atoms with E-state index in [0.29, 0.717) is 25.8 Å². The standard InChI is InChI=1S/C16H29N7O5/c1-9(17)13(25)21-8-12(24)22-10(4-2-6-20-16(18)19)14(26)23-7-3-5-11(23)15(27)28/h9-11H,2-8,17H2,1H3,(H,21,25)(H,22,24)(H,27,28)(H4,18,19,20). The van der Waals surface area contributed by atoms with Gasteiger partial charge < -0.3 is 37.8 Å². The summed E-state index contributed by atoms with van der Waals surface area (Å²) in [6.07, 6.45) is 1.54. The number of amides is 3. The Hall–Kier alpha value is -2.89. The Morgan fingerprint density at radius 2 is 1.96 bits per heavy atom. The molecule has 1 aliphatic rings. The summed E-state index contributed by atoms with van der Waals surface area (Å²) >= 11 is 0. The molecule has 1 aliphatic heterocycles. The van der Waals surface area contributed by atoms with E-state index in [1.807, 2.05) is 0 Å². The third-order valence-corrected chi connectivity index (χ3v) is 4.24. The molecule has 158 valence electrons. The van der Waals surface area contributed by atoms with Crippen molar-refractivity contribution in [3.63, 3.8) is 0 Å². The average Bonchev–Trinajstić information content (AvgIpc) is 3.11. The van der Waals surface area contributed by atoms with Gasteiger partial charge in [0.2, 0.25) is 17.7 Å². The summed E-state index contributed by atoms with van der Waals surface area (Å²) < 4.78 is 0. The predicted molar refractivity (Wildman–Crippen MR) is 101 cm³/mol. The number of nitrogens with two attached hydrogens (primary N) is 3. The van der Waals surface area contributed by atoms with Crippen LogP contribution in [-0.4, -0.2) is 77.4 Å². The lowest BCUT2D eigenvalue weighted by atomic mass is 10.1. The number of hydrogen-bond donors (Lipinski definition) is 6. The zero-order valence-corrected chi connectivity index (χ0v) is 15.9. The van der Waals surface area contributed by atoms with Crippen LogP contribution >= 0.6 is 0 Å². The quantitative estimate of drug-likeness (QED) is 0.127. The summed E-state index contributed by atoms with van der Waals surface area (Å²) in [5.41, 5.74) is 15.9. The number of guanidine groups is 1. The summed E-state index contributed by atoms with van der Waals surface area (Å²) in [5, 5.41) is 14.2. The molecule has 0 aromatic rings. The van der Waals surface area contributed by atoms with Crippen LogP contribution in [0.5, 0.6) is 0 Å². The third kappa shape index (κ3) is 7.39. The minimum atomic E-state index is -1.08. The molecule has 3 amide bonds. The van der Waals surface area contributed by atoms with Gasteiger partial charge in [0.1, 0.15) is 12.1 Å². The number of aliphatic carboxylic acids is 1. The molecule has 0 saturated carbocycles. The molecule has 0 aromatic heterocycles. The first-order chi connectivity index (χ1) is 13.1. The number of nitrogens with one attached hydrogen (secondary N) is 2. The maximum absolute atomic E-state index is 12.8. The number of carbonyl (C=O) groups excluding carboxylic acids is 3. The Labute approximate surface area is 162 Å². The Morgan fingerprint density at radius 1 is 1.29 bits per heavy atom. The van der Waals surface area contributed by atoms with Gasteiger partial charge in [-0.25, -0.2) is 4.79 Å². The van der Waals surface area contributed by atoms with E-state index >= 15 is 0 Å². The van der Waals surface area contributed by atoms with Gasteiger partial charge in [-0.15, -0.1) is 0 Å². The molecule has 0 bridgehead atoms. The van der Waals surface area contributed by atoms with E-state index in [0.717, 1.165) is 0 Å². The van der Waals surface area contributed by atoms with Crippen LogP contribution in [-0.2, 0) is 19.2 Å². The molecule has 0 aliphatic carbocycles. The molecule has 3 atom stereocenters. The van der Waals surface area contributed by atoms with Crippen LogP contribution < -0.4 is 27.8 Å². The van der Waals surface area contributed by atoms with E-state index in [2.05, 4.69) is 15.6 Å². The second-order valence-electron chi connectivity index (χ2n) is 6.60. The SMILES string of the molecule is CC(N)C(=O)NCC(=O)NC(CCCN=C(N)N)C(=O)N1CCCC1C(=O)O. The van der Waals surface area contributed by atoms with Crippen LogP contribution in [0.1, 0.15) is 32.6 Å². The van der Waals surface area contributed by atoms with Gasteiger partial charge in [0, 0.05) is 13.1 Å². The molecule has 1 fully saturated rings. The highest BCUT2D eigenvalue weighted by Gasteiger charge is 2.37. The molecule has 1 rings (SSSR count).